The fourth-order valence-corrected chi connectivity index (χ4v) is 3.32. The third kappa shape index (κ3) is 4.76. The number of hydrogen-bond acceptors (Lipinski definition) is 3. The van der Waals surface area contributed by atoms with Gasteiger partial charge in [0.25, 0.3) is 0 Å². The summed E-state index contributed by atoms with van der Waals surface area (Å²) in [5.41, 5.74) is 2.28. The van der Waals surface area contributed by atoms with Gasteiger partial charge < -0.3 is 5.32 Å². The number of amides is 1. The lowest BCUT2D eigenvalue weighted by atomic mass is 9.96. The Morgan fingerprint density at radius 1 is 1.19 bits per heavy atom. The van der Waals surface area contributed by atoms with Crippen molar-refractivity contribution in [3.05, 3.63) is 65.5 Å². The van der Waals surface area contributed by atoms with Crippen molar-refractivity contribution in [1.29, 1.82) is 0 Å². The second kappa shape index (κ2) is 8.23. The summed E-state index contributed by atoms with van der Waals surface area (Å²) in [5, 5.41) is 2.93. The molecule has 0 spiro atoms. The van der Waals surface area contributed by atoms with Gasteiger partial charge in [-0.1, -0.05) is 24.3 Å². The summed E-state index contributed by atoms with van der Waals surface area (Å²) in [5.74, 6) is -0.374. The molecule has 26 heavy (non-hydrogen) atoms. The van der Waals surface area contributed by atoms with E-state index in [1.54, 1.807) is 36.4 Å². The number of ketones is 1. The van der Waals surface area contributed by atoms with Crippen molar-refractivity contribution in [2.45, 2.75) is 26.3 Å². The fourth-order valence-electron chi connectivity index (χ4n) is 3.32. The molecule has 0 radical (unpaired) electrons. The highest BCUT2D eigenvalue weighted by Gasteiger charge is 2.26. The van der Waals surface area contributed by atoms with Crippen LogP contribution < -0.4 is 5.32 Å². The zero-order valence-electron chi connectivity index (χ0n) is 14.9. The number of benzene rings is 2. The molecule has 0 unspecified atom stereocenters. The summed E-state index contributed by atoms with van der Waals surface area (Å²) < 4.78 is 13.0. The fraction of sp³-hybridized carbons (Fsp3) is 0.333. The number of carbonyl (C=O) groups is 2. The normalized spacial score (nSPS) is 17.7. The number of nitrogens with zero attached hydrogens (tertiary/aromatic N) is 1. The van der Waals surface area contributed by atoms with Gasteiger partial charge in [0.15, 0.2) is 5.78 Å². The second-order valence-electron chi connectivity index (χ2n) is 6.83. The number of anilines is 1. The lowest BCUT2D eigenvalue weighted by Crippen LogP contribution is -2.40. The minimum absolute atomic E-state index is 0.0190. The molecule has 0 saturated carbocycles. The zero-order valence-corrected chi connectivity index (χ0v) is 14.9. The molecular formula is C21H23FN2O2. The Hall–Kier alpha value is -2.53. The van der Waals surface area contributed by atoms with Gasteiger partial charge in [0.1, 0.15) is 5.82 Å². The lowest BCUT2D eigenvalue weighted by Gasteiger charge is -2.32. The highest BCUT2D eigenvalue weighted by atomic mass is 19.1. The maximum absolute atomic E-state index is 13.0. The Balaban J connectivity index is 1.60. The van der Waals surface area contributed by atoms with Gasteiger partial charge in [-0.05, 0) is 56.1 Å². The predicted octanol–water partition coefficient (Wildman–Crippen LogP) is 3.88. The Morgan fingerprint density at radius 3 is 2.69 bits per heavy atom. The molecule has 1 atom stereocenters. The minimum Gasteiger partial charge on any atom is -0.326 e. The van der Waals surface area contributed by atoms with Crippen molar-refractivity contribution >= 4 is 17.4 Å². The molecular weight excluding hydrogens is 331 g/mol. The molecule has 1 fully saturated rings. The first-order valence-electron chi connectivity index (χ1n) is 8.90. The molecule has 0 bridgehead atoms. The van der Waals surface area contributed by atoms with Crippen LogP contribution in [0.3, 0.4) is 0 Å². The third-order valence-corrected chi connectivity index (χ3v) is 4.73. The van der Waals surface area contributed by atoms with Crippen LogP contribution in [0.25, 0.3) is 0 Å². The highest BCUT2D eigenvalue weighted by molar-refractivity contribution is 5.97. The monoisotopic (exact) mass is 354 g/mol. The quantitative estimate of drug-likeness (QED) is 0.829. The van der Waals surface area contributed by atoms with Crippen LogP contribution in [0.4, 0.5) is 10.1 Å². The van der Waals surface area contributed by atoms with Crippen LogP contribution in [0.2, 0.25) is 0 Å². The average molecular weight is 354 g/mol. The molecule has 0 aliphatic carbocycles. The molecule has 1 saturated heterocycles. The zero-order chi connectivity index (χ0) is 18.5. The summed E-state index contributed by atoms with van der Waals surface area (Å²) >= 11 is 0. The first-order valence-corrected chi connectivity index (χ1v) is 8.90. The van der Waals surface area contributed by atoms with Crippen molar-refractivity contribution in [1.82, 2.24) is 4.90 Å². The van der Waals surface area contributed by atoms with E-state index in [0.29, 0.717) is 24.3 Å². The number of halogens is 1. The number of piperidine rings is 1. The van der Waals surface area contributed by atoms with Crippen LogP contribution in [-0.2, 0) is 11.3 Å². The van der Waals surface area contributed by atoms with Crippen molar-refractivity contribution in [3.63, 3.8) is 0 Å². The molecule has 136 valence electrons. The Bertz CT molecular complexity index is 789. The number of carbonyl (C=O) groups excluding carboxylic acids is 2. The second-order valence-corrected chi connectivity index (χ2v) is 6.83. The molecule has 0 aromatic heterocycles. The van der Waals surface area contributed by atoms with Crippen molar-refractivity contribution in [2.75, 3.05) is 18.4 Å². The molecule has 2 aromatic rings. The molecule has 3 rings (SSSR count). The molecule has 1 aliphatic rings. The van der Waals surface area contributed by atoms with Crippen LogP contribution in [0.15, 0.2) is 48.5 Å². The summed E-state index contributed by atoms with van der Waals surface area (Å²) in [6.45, 7) is 3.83. The SMILES string of the molecule is CC(=O)c1cccc(NC(=O)[C@@H]2CCCN(Cc3ccc(F)cc3)C2)c1. The summed E-state index contributed by atoms with van der Waals surface area (Å²) in [7, 11) is 0. The van der Waals surface area contributed by atoms with Crippen LogP contribution >= 0.6 is 0 Å². The van der Waals surface area contributed by atoms with Gasteiger partial charge in [-0.25, -0.2) is 4.39 Å². The van der Waals surface area contributed by atoms with Crippen LogP contribution in [-0.4, -0.2) is 29.7 Å². The number of Topliss-reactive ketones (excluding diaryl/α,β-unsaturated/α-hetero) is 1. The Kier molecular flexibility index (Phi) is 5.78. The topological polar surface area (TPSA) is 49.4 Å². The van der Waals surface area contributed by atoms with Crippen molar-refractivity contribution in [2.24, 2.45) is 5.92 Å². The smallest absolute Gasteiger partial charge is 0.228 e. The van der Waals surface area contributed by atoms with E-state index in [1.807, 2.05) is 0 Å². The molecule has 1 N–H and O–H groups in total. The molecule has 1 amide bonds. The maximum Gasteiger partial charge on any atom is 0.228 e. The van der Waals surface area contributed by atoms with Gasteiger partial charge >= 0.3 is 0 Å². The van der Waals surface area contributed by atoms with E-state index in [0.717, 1.165) is 24.9 Å². The lowest BCUT2D eigenvalue weighted by molar-refractivity contribution is -0.121. The van der Waals surface area contributed by atoms with Crippen LogP contribution in [0.5, 0.6) is 0 Å². The summed E-state index contributed by atoms with van der Waals surface area (Å²) in [6.07, 6.45) is 1.80. The Labute approximate surface area is 153 Å². The van der Waals surface area contributed by atoms with Gasteiger partial charge in [-0.3, -0.25) is 14.5 Å². The van der Waals surface area contributed by atoms with Gasteiger partial charge in [-0.2, -0.15) is 0 Å². The third-order valence-electron chi connectivity index (χ3n) is 4.73. The van der Waals surface area contributed by atoms with Gasteiger partial charge in [0, 0.05) is 24.3 Å². The average Bonchev–Trinajstić information content (AvgIpc) is 2.64. The van der Waals surface area contributed by atoms with Crippen LogP contribution in [0.1, 0.15) is 35.7 Å². The predicted molar refractivity (Wildman–Crippen MR) is 99.5 cm³/mol. The Morgan fingerprint density at radius 2 is 1.96 bits per heavy atom. The molecule has 1 heterocycles. The standard InChI is InChI=1S/C21H23FN2O2/c1-15(25)17-4-2-6-20(12-17)23-21(26)18-5-3-11-24(14-18)13-16-7-9-19(22)10-8-16/h2,4,6-10,12,18H,3,5,11,13-14H2,1H3,(H,23,26)/t18-/m1/s1. The summed E-state index contributed by atoms with van der Waals surface area (Å²) in [6, 6.07) is 13.5. The van der Waals surface area contributed by atoms with E-state index < -0.39 is 0 Å². The van der Waals surface area contributed by atoms with E-state index in [2.05, 4.69) is 10.2 Å². The van der Waals surface area contributed by atoms with E-state index in [1.165, 1.54) is 19.1 Å². The first kappa shape index (κ1) is 18.3. The van der Waals surface area contributed by atoms with E-state index in [4.69, 9.17) is 0 Å². The van der Waals surface area contributed by atoms with Crippen molar-refractivity contribution < 1.29 is 14.0 Å². The maximum atomic E-state index is 13.0. The van der Waals surface area contributed by atoms with Gasteiger partial charge in [-0.15, -0.1) is 0 Å². The summed E-state index contributed by atoms with van der Waals surface area (Å²) in [4.78, 5) is 26.3. The molecule has 2 aromatic carbocycles. The number of likely N-dealkylation sites (tertiary alicyclic amines) is 1. The van der Waals surface area contributed by atoms with Crippen molar-refractivity contribution in [3.8, 4) is 0 Å². The highest BCUT2D eigenvalue weighted by Crippen LogP contribution is 2.21. The first-order chi connectivity index (χ1) is 12.5. The minimum atomic E-state index is -0.238. The van der Waals surface area contributed by atoms with E-state index >= 15 is 0 Å². The van der Waals surface area contributed by atoms with E-state index in [9.17, 15) is 14.0 Å². The molecule has 5 heteroatoms. The number of rotatable bonds is 5. The van der Waals surface area contributed by atoms with Gasteiger partial charge in [0.2, 0.25) is 5.91 Å². The molecule has 4 nitrogen and oxygen atoms in total. The largest absolute Gasteiger partial charge is 0.326 e. The van der Waals surface area contributed by atoms with Gasteiger partial charge in [0.05, 0.1) is 5.92 Å². The van der Waals surface area contributed by atoms with E-state index in [-0.39, 0.29) is 23.4 Å². The number of nitrogens with one attached hydrogen (secondary N) is 1. The molecule has 1 aliphatic heterocycles. The number of hydrogen-bond donors (Lipinski definition) is 1. The van der Waals surface area contributed by atoms with Crippen LogP contribution in [0, 0.1) is 11.7 Å².